The van der Waals surface area contributed by atoms with Crippen LogP contribution in [0.2, 0.25) is 0 Å². The van der Waals surface area contributed by atoms with Crippen LogP contribution in [-0.4, -0.2) is 4.98 Å². The first kappa shape index (κ1) is 9.02. The highest BCUT2D eigenvalue weighted by molar-refractivity contribution is 5.22. The van der Waals surface area contributed by atoms with Crippen molar-refractivity contribution in [1.82, 2.24) is 4.98 Å². The van der Waals surface area contributed by atoms with Crippen molar-refractivity contribution in [2.75, 3.05) is 0 Å². The van der Waals surface area contributed by atoms with Gasteiger partial charge in [0.25, 0.3) is 0 Å². The minimum atomic E-state index is -1.05. The van der Waals surface area contributed by atoms with Gasteiger partial charge in [-0.15, -0.1) is 0 Å². The fourth-order valence-corrected chi connectivity index (χ4v) is 1.37. The Morgan fingerprint density at radius 3 is 2.71 bits per heavy atom. The summed E-state index contributed by atoms with van der Waals surface area (Å²) in [6, 6.07) is 1.63. The van der Waals surface area contributed by atoms with Gasteiger partial charge in [-0.25, -0.2) is 10.1 Å². The van der Waals surface area contributed by atoms with Gasteiger partial charge in [-0.3, -0.25) is 0 Å². The lowest BCUT2D eigenvalue weighted by Crippen LogP contribution is -1.96. The summed E-state index contributed by atoms with van der Waals surface area (Å²) in [7, 11) is 0. The summed E-state index contributed by atoms with van der Waals surface area (Å²) in [6.45, 7) is 3.48. The maximum Gasteiger partial charge on any atom is 0.191 e. The van der Waals surface area contributed by atoms with Crippen LogP contribution in [0.15, 0.2) is 27.4 Å². The highest BCUT2D eigenvalue weighted by Crippen LogP contribution is 2.26. The van der Waals surface area contributed by atoms with Crippen molar-refractivity contribution in [3.05, 3.63) is 41.5 Å². The van der Waals surface area contributed by atoms with E-state index in [0.717, 1.165) is 0 Å². The molecule has 0 aliphatic carbocycles. The minimum absolute atomic E-state index is 0.365. The van der Waals surface area contributed by atoms with Crippen molar-refractivity contribution < 1.29 is 13.9 Å². The molecule has 73 valence electrons. The van der Waals surface area contributed by atoms with Gasteiger partial charge in [-0.2, -0.15) is 0 Å². The van der Waals surface area contributed by atoms with E-state index < -0.39 is 6.10 Å². The Labute approximate surface area is 81.2 Å². The Bertz CT molecular complexity index is 417. The summed E-state index contributed by atoms with van der Waals surface area (Å²) < 4.78 is 10.1. The molecule has 1 radical (unpaired) electrons. The first-order valence-electron chi connectivity index (χ1n) is 4.30. The maximum absolute atomic E-state index is 11.8. The Balaban J connectivity index is 2.36. The van der Waals surface area contributed by atoms with Crippen molar-refractivity contribution >= 4 is 0 Å². The molecule has 4 heteroatoms. The van der Waals surface area contributed by atoms with Gasteiger partial charge < -0.3 is 8.83 Å². The molecule has 1 atom stereocenters. The second-order valence-corrected chi connectivity index (χ2v) is 3.12. The van der Waals surface area contributed by atoms with E-state index in [1.807, 2.05) is 0 Å². The number of nitrogens with zero attached hydrogens (tertiary/aromatic N) is 1. The number of rotatable bonds is 2. The molecule has 14 heavy (non-hydrogen) atoms. The molecule has 0 saturated heterocycles. The molecule has 0 bridgehead atoms. The van der Waals surface area contributed by atoms with Crippen LogP contribution in [0.4, 0.5) is 0 Å². The zero-order chi connectivity index (χ0) is 10.1. The van der Waals surface area contributed by atoms with Gasteiger partial charge in [0.15, 0.2) is 17.8 Å². The molecular formula is C10H10NO3. The van der Waals surface area contributed by atoms with E-state index in [0.29, 0.717) is 22.9 Å². The molecule has 0 aliphatic heterocycles. The van der Waals surface area contributed by atoms with Gasteiger partial charge in [-0.1, -0.05) is 0 Å². The first-order valence-corrected chi connectivity index (χ1v) is 4.30. The van der Waals surface area contributed by atoms with E-state index in [2.05, 4.69) is 4.98 Å². The third-order valence-corrected chi connectivity index (χ3v) is 2.02. The van der Waals surface area contributed by atoms with Crippen molar-refractivity contribution in [3.63, 3.8) is 0 Å². The van der Waals surface area contributed by atoms with Gasteiger partial charge >= 0.3 is 0 Å². The van der Waals surface area contributed by atoms with Crippen LogP contribution in [0.1, 0.15) is 29.0 Å². The molecule has 0 aromatic carbocycles. The predicted octanol–water partition coefficient (Wildman–Crippen LogP) is 2.40. The Morgan fingerprint density at radius 1 is 1.43 bits per heavy atom. The molecule has 0 fully saturated rings. The topological polar surface area (TPSA) is 59.1 Å². The molecule has 1 unspecified atom stereocenters. The summed E-state index contributed by atoms with van der Waals surface area (Å²) in [5.74, 6) is 0.880. The largest absolute Gasteiger partial charge is 0.472 e. The van der Waals surface area contributed by atoms with Gasteiger partial charge in [0.1, 0.15) is 0 Å². The molecule has 2 aromatic rings. The fourth-order valence-electron chi connectivity index (χ4n) is 1.37. The molecule has 4 nitrogen and oxygen atoms in total. The zero-order valence-electron chi connectivity index (χ0n) is 7.98. The van der Waals surface area contributed by atoms with Gasteiger partial charge in [0.2, 0.25) is 0 Å². The molecule has 2 rings (SSSR count). The predicted molar refractivity (Wildman–Crippen MR) is 47.2 cm³/mol. The van der Waals surface area contributed by atoms with Crippen LogP contribution in [0.25, 0.3) is 0 Å². The molecule has 0 saturated carbocycles. The number of oxazole rings is 1. The lowest BCUT2D eigenvalue weighted by Gasteiger charge is -2.01. The van der Waals surface area contributed by atoms with E-state index in [1.165, 1.54) is 12.5 Å². The number of hydrogen-bond donors (Lipinski definition) is 0. The van der Waals surface area contributed by atoms with Crippen LogP contribution in [-0.2, 0) is 5.11 Å². The summed E-state index contributed by atoms with van der Waals surface area (Å²) in [4.78, 5) is 4.04. The Hall–Kier alpha value is -1.55. The van der Waals surface area contributed by atoms with E-state index in [-0.39, 0.29) is 0 Å². The van der Waals surface area contributed by atoms with Crippen LogP contribution in [0, 0.1) is 13.8 Å². The standard InChI is InChI=1S/C10H10NO3/c1-6-10(14-7(2)11-6)9(12)8-3-4-13-5-8/h3-5,9H,1-2H3. The Kier molecular flexibility index (Phi) is 2.13. The monoisotopic (exact) mass is 192 g/mol. The normalized spacial score (nSPS) is 13.1. The number of aromatic nitrogens is 1. The van der Waals surface area contributed by atoms with Crippen LogP contribution < -0.4 is 0 Å². The van der Waals surface area contributed by atoms with Crippen LogP contribution in [0.5, 0.6) is 0 Å². The van der Waals surface area contributed by atoms with Crippen LogP contribution >= 0.6 is 0 Å². The first-order chi connectivity index (χ1) is 6.68. The minimum Gasteiger partial charge on any atom is -0.472 e. The highest BCUT2D eigenvalue weighted by atomic mass is 16.4. The average molecular weight is 192 g/mol. The lowest BCUT2D eigenvalue weighted by atomic mass is 10.1. The Morgan fingerprint density at radius 2 is 2.21 bits per heavy atom. The third-order valence-electron chi connectivity index (χ3n) is 2.02. The maximum atomic E-state index is 11.8. The molecule has 0 spiro atoms. The molecule has 2 heterocycles. The summed E-state index contributed by atoms with van der Waals surface area (Å²) in [6.07, 6.45) is 1.85. The summed E-state index contributed by atoms with van der Waals surface area (Å²) >= 11 is 0. The molecule has 2 aromatic heterocycles. The van der Waals surface area contributed by atoms with E-state index >= 15 is 0 Å². The summed E-state index contributed by atoms with van der Waals surface area (Å²) in [5, 5.41) is 11.8. The quantitative estimate of drug-likeness (QED) is 0.734. The van der Waals surface area contributed by atoms with Gasteiger partial charge in [0.05, 0.1) is 18.2 Å². The van der Waals surface area contributed by atoms with Crippen molar-refractivity contribution in [2.45, 2.75) is 20.0 Å². The number of aryl methyl sites for hydroxylation is 2. The summed E-state index contributed by atoms with van der Waals surface area (Å²) in [5.41, 5.74) is 1.20. The second kappa shape index (κ2) is 3.31. The molecule has 0 aliphatic rings. The smallest absolute Gasteiger partial charge is 0.191 e. The highest BCUT2D eigenvalue weighted by Gasteiger charge is 2.21. The van der Waals surface area contributed by atoms with Crippen molar-refractivity contribution in [1.29, 1.82) is 0 Å². The number of hydrogen-bond acceptors (Lipinski definition) is 3. The van der Waals surface area contributed by atoms with Gasteiger partial charge in [-0.05, 0) is 13.0 Å². The van der Waals surface area contributed by atoms with Crippen LogP contribution in [0.3, 0.4) is 0 Å². The van der Waals surface area contributed by atoms with Crippen molar-refractivity contribution in [3.8, 4) is 0 Å². The zero-order valence-corrected chi connectivity index (χ0v) is 7.98. The van der Waals surface area contributed by atoms with E-state index in [1.54, 1.807) is 19.9 Å². The fraction of sp³-hybridized carbons (Fsp3) is 0.300. The van der Waals surface area contributed by atoms with Crippen molar-refractivity contribution in [2.24, 2.45) is 0 Å². The SMILES string of the molecule is Cc1nc(C)c(C([O])c2ccoc2)o1. The number of furan rings is 1. The van der Waals surface area contributed by atoms with Gasteiger partial charge in [0, 0.05) is 12.5 Å². The van der Waals surface area contributed by atoms with E-state index in [4.69, 9.17) is 8.83 Å². The third kappa shape index (κ3) is 1.44. The lowest BCUT2D eigenvalue weighted by molar-refractivity contribution is 0.101. The van der Waals surface area contributed by atoms with E-state index in [9.17, 15) is 5.11 Å². The second-order valence-electron chi connectivity index (χ2n) is 3.12. The average Bonchev–Trinajstić information content (AvgIpc) is 2.73. The molecular weight excluding hydrogens is 182 g/mol. The molecule has 0 N–H and O–H groups in total. The molecule has 0 amide bonds.